The van der Waals surface area contributed by atoms with E-state index in [1.807, 2.05) is 31.2 Å². The first kappa shape index (κ1) is 16.5. The van der Waals surface area contributed by atoms with Gasteiger partial charge in [0, 0.05) is 6.54 Å². The van der Waals surface area contributed by atoms with Gasteiger partial charge >= 0.3 is 0 Å². The lowest BCUT2D eigenvalue weighted by Crippen LogP contribution is -2.31. The van der Waals surface area contributed by atoms with Crippen molar-refractivity contribution >= 4 is 0 Å². The Morgan fingerprint density at radius 2 is 1.85 bits per heavy atom. The Labute approximate surface area is 121 Å². The van der Waals surface area contributed by atoms with Crippen LogP contribution in [0.4, 0.5) is 0 Å². The van der Waals surface area contributed by atoms with Crippen LogP contribution in [0, 0.1) is 0 Å². The molecule has 0 saturated heterocycles. The van der Waals surface area contributed by atoms with Gasteiger partial charge < -0.3 is 19.9 Å². The molecule has 0 aliphatic heterocycles. The maximum Gasteiger partial charge on any atom is 0.120 e. The molecule has 20 heavy (non-hydrogen) atoms. The molecule has 1 aromatic carbocycles. The van der Waals surface area contributed by atoms with E-state index in [0.717, 1.165) is 30.0 Å². The molecule has 0 aliphatic carbocycles. The van der Waals surface area contributed by atoms with Crippen LogP contribution in [0.2, 0.25) is 0 Å². The van der Waals surface area contributed by atoms with Crippen LogP contribution in [-0.2, 0) is 0 Å². The fraction of sp³-hybridized carbons (Fsp3) is 0.500. The van der Waals surface area contributed by atoms with Crippen molar-refractivity contribution in [2.75, 3.05) is 26.3 Å². The Kier molecular flexibility index (Phi) is 7.77. The third-order valence-corrected chi connectivity index (χ3v) is 2.56. The Hall–Kier alpha value is -1.52. The van der Waals surface area contributed by atoms with Crippen molar-refractivity contribution in [1.82, 2.24) is 5.32 Å². The minimum Gasteiger partial charge on any atom is -0.491 e. The van der Waals surface area contributed by atoms with E-state index in [-0.39, 0.29) is 6.61 Å². The highest BCUT2D eigenvalue weighted by atomic mass is 16.5. The number of hydrogen-bond donors (Lipinski definition) is 2. The van der Waals surface area contributed by atoms with Crippen LogP contribution in [0.25, 0.3) is 0 Å². The number of hydrogen-bond acceptors (Lipinski definition) is 4. The zero-order valence-electron chi connectivity index (χ0n) is 12.4. The smallest absolute Gasteiger partial charge is 0.120 e. The summed E-state index contributed by atoms with van der Waals surface area (Å²) in [6, 6.07) is 7.36. The first-order valence-electron chi connectivity index (χ1n) is 7.00. The van der Waals surface area contributed by atoms with E-state index in [1.165, 1.54) is 0 Å². The molecule has 1 aromatic rings. The van der Waals surface area contributed by atoms with E-state index < -0.39 is 6.10 Å². The predicted molar refractivity (Wildman–Crippen MR) is 81.4 cm³/mol. The van der Waals surface area contributed by atoms with Gasteiger partial charge in [0.2, 0.25) is 0 Å². The van der Waals surface area contributed by atoms with E-state index in [0.29, 0.717) is 13.2 Å². The largest absolute Gasteiger partial charge is 0.491 e. The fourth-order valence-electron chi connectivity index (χ4n) is 1.54. The van der Waals surface area contributed by atoms with Crippen LogP contribution < -0.4 is 14.8 Å². The molecule has 0 bridgehead atoms. The molecule has 4 heteroatoms. The number of aliphatic hydroxyl groups is 1. The van der Waals surface area contributed by atoms with Gasteiger partial charge in [0.25, 0.3) is 0 Å². The summed E-state index contributed by atoms with van der Waals surface area (Å²) in [4.78, 5) is 0. The molecule has 0 aromatic heterocycles. The normalized spacial score (nSPS) is 11.9. The summed E-state index contributed by atoms with van der Waals surface area (Å²) in [6.45, 7) is 10.1. The van der Waals surface area contributed by atoms with Crippen LogP contribution in [0.3, 0.4) is 0 Å². The van der Waals surface area contributed by atoms with Gasteiger partial charge in [-0.15, -0.1) is 0 Å². The maximum absolute atomic E-state index is 9.72. The first-order valence-corrected chi connectivity index (χ1v) is 7.00. The Bertz CT molecular complexity index is 389. The van der Waals surface area contributed by atoms with Gasteiger partial charge in [0.15, 0.2) is 0 Å². The summed E-state index contributed by atoms with van der Waals surface area (Å²) in [5.41, 5.74) is 0.980. The Morgan fingerprint density at radius 1 is 1.25 bits per heavy atom. The Morgan fingerprint density at radius 3 is 2.40 bits per heavy atom. The number of ether oxygens (including phenoxy) is 2. The topological polar surface area (TPSA) is 50.7 Å². The van der Waals surface area contributed by atoms with Crippen molar-refractivity contribution in [1.29, 1.82) is 0 Å². The molecule has 0 spiro atoms. The molecule has 1 atom stereocenters. The van der Waals surface area contributed by atoms with E-state index in [4.69, 9.17) is 9.47 Å². The van der Waals surface area contributed by atoms with Gasteiger partial charge in [0.05, 0.1) is 0 Å². The standard InChI is InChI=1S/C16H25NO3/c1-4-9-17-10-14(18)12-20-16-7-5-15(6-8-16)19-11-13(2)3/h5-8,14,17-18H,2,4,9-12H2,1,3H3. The van der Waals surface area contributed by atoms with Crippen LogP contribution in [-0.4, -0.2) is 37.5 Å². The molecular formula is C16H25NO3. The molecule has 0 aliphatic rings. The molecule has 2 N–H and O–H groups in total. The third-order valence-electron chi connectivity index (χ3n) is 2.56. The second-order valence-corrected chi connectivity index (χ2v) is 4.89. The van der Waals surface area contributed by atoms with Crippen molar-refractivity contribution in [2.45, 2.75) is 26.4 Å². The maximum atomic E-state index is 9.72. The highest BCUT2D eigenvalue weighted by Gasteiger charge is 2.04. The highest BCUT2D eigenvalue weighted by Crippen LogP contribution is 2.18. The average Bonchev–Trinajstić information content (AvgIpc) is 2.44. The molecule has 4 nitrogen and oxygen atoms in total. The zero-order chi connectivity index (χ0) is 14.8. The van der Waals surface area contributed by atoms with Gasteiger partial charge in [0.1, 0.15) is 30.8 Å². The number of aliphatic hydroxyl groups excluding tert-OH is 1. The van der Waals surface area contributed by atoms with E-state index in [1.54, 1.807) is 0 Å². The number of nitrogens with one attached hydrogen (secondary N) is 1. The monoisotopic (exact) mass is 279 g/mol. The quantitative estimate of drug-likeness (QED) is 0.510. The van der Waals surface area contributed by atoms with Crippen LogP contribution in [0.15, 0.2) is 36.4 Å². The molecule has 0 radical (unpaired) electrons. The second-order valence-electron chi connectivity index (χ2n) is 4.89. The first-order chi connectivity index (χ1) is 9.61. The molecular weight excluding hydrogens is 254 g/mol. The highest BCUT2D eigenvalue weighted by molar-refractivity contribution is 5.31. The summed E-state index contributed by atoms with van der Waals surface area (Å²) >= 11 is 0. The molecule has 1 unspecified atom stereocenters. The van der Waals surface area contributed by atoms with Gasteiger partial charge in [-0.3, -0.25) is 0 Å². The average molecular weight is 279 g/mol. The fourth-order valence-corrected chi connectivity index (χ4v) is 1.54. The Balaban J connectivity index is 2.28. The van der Waals surface area contributed by atoms with Gasteiger partial charge in [-0.05, 0) is 49.7 Å². The van der Waals surface area contributed by atoms with Gasteiger partial charge in [-0.25, -0.2) is 0 Å². The summed E-state index contributed by atoms with van der Waals surface area (Å²) in [6.07, 6.45) is 0.556. The van der Waals surface area contributed by atoms with Crippen molar-refractivity contribution in [3.8, 4) is 11.5 Å². The van der Waals surface area contributed by atoms with Crippen LogP contribution >= 0.6 is 0 Å². The lowest BCUT2D eigenvalue weighted by molar-refractivity contribution is 0.106. The third kappa shape index (κ3) is 7.16. The predicted octanol–water partition coefficient (Wildman–Crippen LogP) is 2.38. The SMILES string of the molecule is C=C(C)COc1ccc(OCC(O)CNCCC)cc1. The van der Waals surface area contributed by atoms with Crippen molar-refractivity contribution in [3.63, 3.8) is 0 Å². The van der Waals surface area contributed by atoms with E-state index >= 15 is 0 Å². The molecule has 112 valence electrons. The van der Waals surface area contributed by atoms with Crippen LogP contribution in [0.5, 0.6) is 11.5 Å². The summed E-state index contributed by atoms with van der Waals surface area (Å²) in [5, 5.41) is 12.9. The molecule has 1 rings (SSSR count). The van der Waals surface area contributed by atoms with Gasteiger partial charge in [-0.1, -0.05) is 13.5 Å². The summed E-state index contributed by atoms with van der Waals surface area (Å²) in [7, 11) is 0. The summed E-state index contributed by atoms with van der Waals surface area (Å²) < 4.78 is 11.0. The minimum absolute atomic E-state index is 0.280. The van der Waals surface area contributed by atoms with Gasteiger partial charge in [-0.2, -0.15) is 0 Å². The minimum atomic E-state index is -0.499. The van der Waals surface area contributed by atoms with Crippen molar-refractivity contribution < 1.29 is 14.6 Å². The molecule has 0 fully saturated rings. The van der Waals surface area contributed by atoms with E-state index in [2.05, 4.69) is 18.8 Å². The number of rotatable bonds is 10. The van der Waals surface area contributed by atoms with Crippen molar-refractivity contribution in [3.05, 3.63) is 36.4 Å². The molecule has 0 amide bonds. The summed E-state index contributed by atoms with van der Waals surface area (Å²) in [5.74, 6) is 1.51. The van der Waals surface area contributed by atoms with E-state index in [9.17, 15) is 5.11 Å². The lowest BCUT2D eigenvalue weighted by atomic mass is 10.3. The van der Waals surface area contributed by atoms with Crippen molar-refractivity contribution in [2.24, 2.45) is 0 Å². The zero-order valence-corrected chi connectivity index (χ0v) is 12.4. The second kappa shape index (κ2) is 9.39. The molecule has 0 heterocycles. The molecule has 0 saturated carbocycles. The number of benzene rings is 1. The lowest BCUT2D eigenvalue weighted by Gasteiger charge is -2.13. The van der Waals surface area contributed by atoms with Crippen LogP contribution in [0.1, 0.15) is 20.3 Å².